The van der Waals surface area contributed by atoms with Gasteiger partial charge in [0.05, 0.1) is 6.42 Å². The predicted octanol–water partition coefficient (Wildman–Crippen LogP) is 2.05. The predicted molar refractivity (Wildman–Crippen MR) is 75.6 cm³/mol. The summed E-state index contributed by atoms with van der Waals surface area (Å²) in [4.78, 5) is 23.7. The van der Waals surface area contributed by atoms with Crippen molar-refractivity contribution in [2.45, 2.75) is 31.2 Å². The van der Waals surface area contributed by atoms with Crippen LogP contribution < -0.4 is 5.32 Å². The van der Waals surface area contributed by atoms with E-state index in [1.165, 1.54) is 10.5 Å². The quantitative estimate of drug-likeness (QED) is 0.864. The molecule has 5 heteroatoms. The molecule has 1 fully saturated rings. The van der Waals surface area contributed by atoms with Crippen molar-refractivity contribution in [3.63, 3.8) is 0 Å². The molecule has 2 amide bonds. The largest absolute Gasteiger partial charge is 0.481 e. The smallest absolute Gasteiger partial charge is 0.317 e. The van der Waals surface area contributed by atoms with Crippen LogP contribution in [0.2, 0.25) is 0 Å². The number of carboxylic acids is 1. The van der Waals surface area contributed by atoms with Gasteiger partial charge in [0.2, 0.25) is 0 Å². The fourth-order valence-electron chi connectivity index (χ4n) is 2.38. The molecule has 0 bridgehead atoms. The minimum atomic E-state index is -0.891. The summed E-state index contributed by atoms with van der Waals surface area (Å²) in [6.45, 7) is 0.232. The van der Waals surface area contributed by atoms with Gasteiger partial charge in [0.1, 0.15) is 0 Å². The second-order valence-electron chi connectivity index (χ2n) is 5.29. The molecule has 1 aromatic rings. The van der Waals surface area contributed by atoms with Crippen LogP contribution >= 0.6 is 0 Å². The van der Waals surface area contributed by atoms with Crippen LogP contribution in [0.15, 0.2) is 30.3 Å². The Hall–Kier alpha value is -2.04. The van der Waals surface area contributed by atoms with Gasteiger partial charge < -0.3 is 15.3 Å². The molecule has 2 rings (SSSR count). The average Bonchev–Trinajstić information content (AvgIpc) is 2.40. The number of carboxylic acid groups (broad SMARTS) is 1. The van der Waals surface area contributed by atoms with Crippen LogP contribution in [0.3, 0.4) is 0 Å². The first-order chi connectivity index (χ1) is 9.56. The lowest BCUT2D eigenvalue weighted by atomic mass is 9.76. The lowest BCUT2D eigenvalue weighted by Gasteiger charge is -2.37. The molecular formula is C15H20N2O3. The van der Waals surface area contributed by atoms with Gasteiger partial charge in [0, 0.05) is 19.6 Å². The van der Waals surface area contributed by atoms with E-state index in [2.05, 4.69) is 17.4 Å². The number of aliphatic carboxylic acids is 1. The molecule has 0 atom stereocenters. The van der Waals surface area contributed by atoms with E-state index in [0.717, 1.165) is 12.8 Å². The van der Waals surface area contributed by atoms with Crippen molar-refractivity contribution in [2.75, 3.05) is 13.6 Å². The first-order valence-electron chi connectivity index (χ1n) is 6.84. The molecule has 20 heavy (non-hydrogen) atoms. The molecule has 5 nitrogen and oxygen atoms in total. The van der Waals surface area contributed by atoms with Crippen molar-refractivity contribution in [2.24, 2.45) is 0 Å². The van der Waals surface area contributed by atoms with Crippen LogP contribution in [0, 0.1) is 0 Å². The van der Waals surface area contributed by atoms with Crippen LogP contribution in [0.5, 0.6) is 0 Å². The molecule has 2 N–H and O–H groups in total. The zero-order valence-electron chi connectivity index (χ0n) is 11.6. The molecule has 0 spiro atoms. The number of urea groups is 1. The zero-order chi connectivity index (χ0) is 14.5. The number of hydrogen-bond acceptors (Lipinski definition) is 2. The van der Waals surface area contributed by atoms with Crippen molar-refractivity contribution in [1.82, 2.24) is 10.2 Å². The molecule has 0 saturated heterocycles. The molecule has 108 valence electrons. The lowest BCUT2D eigenvalue weighted by molar-refractivity contribution is -0.137. The summed E-state index contributed by atoms with van der Waals surface area (Å²) >= 11 is 0. The number of carbonyl (C=O) groups is 2. The molecular weight excluding hydrogens is 256 g/mol. The van der Waals surface area contributed by atoms with E-state index < -0.39 is 5.97 Å². The topological polar surface area (TPSA) is 69.6 Å². The summed E-state index contributed by atoms with van der Waals surface area (Å²) in [5.74, 6) is -0.372. The fraction of sp³-hybridized carbons (Fsp3) is 0.467. The molecule has 1 aliphatic rings. The van der Waals surface area contributed by atoms with E-state index in [1.54, 1.807) is 7.05 Å². The molecule has 0 aliphatic heterocycles. The third-order valence-electron chi connectivity index (χ3n) is 3.74. The van der Waals surface area contributed by atoms with Crippen LogP contribution in [0.1, 0.15) is 30.7 Å². The lowest BCUT2D eigenvalue weighted by Crippen LogP contribution is -2.48. The molecule has 0 aromatic heterocycles. The van der Waals surface area contributed by atoms with E-state index in [0.29, 0.717) is 5.92 Å². The van der Waals surface area contributed by atoms with Crippen molar-refractivity contribution in [3.8, 4) is 0 Å². The second-order valence-corrected chi connectivity index (χ2v) is 5.29. The summed E-state index contributed by atoms with van der Waals surface area (Å²) in [6, 6.07) is 10.3. The molecule has 0 radical (unpaired) electrons. The van der Waals surface area contributed by atoms with Crippen LogP contribution in [-0.4, -0.2) is 41.6 Å². The zero-order valence-corrected chi connectivity index (χ0v) is 11.6. The van der Waals surface area contributed by atoms with Gasteiger partial charge in [0.15, 0.2) is 0 Å². The summed E-state index contributed by atoms with van der Waals surface area (Å²) in [7, 11) is 1.62. The van der Waals surface area contributed by atoms with E-state index in [4.69, 9.17) is 5.11 Å². The number of hydrogen-bond donors (Lipinski definition) is 2. The Bertz CT molecular complexity index is 469. The summed E-state index contributed by atoms with van der Waals surface area (Å²) in [6.07, 6.45) is 1.87. The van der Waals surface area contributed by atoms with Crippen LogP contribution in [0.4, 0.5) is 4.79 Å². The number of amides is 2. The molecule has 1 saturated carbocycles. The summed E-state index contributed by atoms with van der Waals surface area (Å²) in [5, 5.41) is 11.5. The Morgan fingerprint density at radius 3 is 2.55 bits per heavy atom. The first-order valence-corrected chi connectivity index (χ1v) is 6.84. The van der Waals surface area contributed by atoms with E-state index in [9.17, 15) is 9.59 Å². The van der Waals surface area contributed by atoms with Crippen molar-refractivity contribution in [1.29, 1.82) is 0 Å². The van der Waals surface area contributed by atoms with Crippen molar-refractivity contribution < 1.29 is 14.7 Å². The average molecular weight is 276 g/mol. The number of rotatable bonds is 5. The second kappa shape index (κ2) is 6.41. The molecule has 0 heterocycles. The number of carbonyl (C=O) groups excluding carboxylic acids is 1. The van der Waals surface area contributed by atoms with Gasteiger partial charge in [-0.15, -0.1) is 0 Å². The maximum atomic E-state index is 11.8. The standard InChI is InChI=1S/C15H20N2O3/c1-17(8-7-14(18)19)15(20)16-13-9-12(10-13)11-5-3-2-4-6-11/h2-6,12-13H,7-10H2,1H3,(H,16,20)(H,18,19). The minimum absolute atomic E-state index is 0.0266. The first kappa shape index (κ1) is 14.4. The highest BCUT2D eigenvalue weighted by molar-refractivity contribution is 5.75. The van der Waals surface area contributed by atoms with Crippen LogP contribution in [-0.2, 0) is 4.79 Å². The van der Waals surface area contributed by atoms with Gasteiger partial charge in [-0.2, -0.15) is 0 Å². The Morgan fingerprint density at radius 2 is 1.95 bits per heavy atom. The highest BCUT2D eigenvalue weighted by Crippen LogP contribution is 2.36. The highest BCUT2D eigenvalue weighted by Gasteiger charge is 2.31. The molecule has 1 aromatic carbocycles. The maximum absolute atomic E-state index is 11.8. The summed E-state index contributed by atoms with van der Waals surface area (Å²) < 4.78 is 0. The Morgan fingerprint density at radius 1 is 1.30 bits per heavy atom. The number of benzene rings is 1. The third kappa shape index (κ3) is 3.73. The Balaban J connectivity index is 1.71. The van der Waals surface area contributed by atoms with Gasteiger partial charge in [-0.25, -0.2) is 4.79 Å². The fourth-order valence-corrected chi connectivity index (χ4v) is 2.38. The Labute approximate surface area is 118 Å². The molecule has 0 unspecified atom stereocenters. The summed E-state index contributed by atoms with van der Waals surface area (Å²) in [5.41, 5.74) is 1.32. The minimum Gasteiger partial charge on any atom is -0.481 e. The van der Waals surface area contributed by atoms with E-state index >= 15 is 0 Å². The monoisotopic (exact) mass is 276 g/mol. The van der Waals surface area contributed by atoms with Crippen molar-refractivity contribution >= 4 is 12.0 Å². The van der Waals surface area contributed by atoms with Gasteiger partial charge in [-0.3, -0.25) is 4.79 Å². The number of nitrogens with zero attached hydrogens (tertiary/aromatic N) is 1. The van der Waals surface area contributed by atoms with Gasteiger partial charge >= 0.3 is 12.0 Å². The Kier molecular flexibility index (Phi) is 4.61. The highest BCUT2D eigenvalue weighted by atomic mass is 16.4. The molecule has 1 aliphatic carbocycles. The van der Waals surface area contributed by atoms with E-state index in [-0.39, 0.29) is 25.0 Å². The van der Waals surface area contributed by atoms with Crippen LogP contribution in [0.25, 0.3) is 0 Å². The number of nitrogens with one attached hydrogen (secondary N) is 1. The SMILES string of the molecule is CN(CCC(=O)O)C(=O)NC1CC(c2ccccc2)C1. The normalized spacial score (nSPS) is 20.9. The van der Waals surface area contributed by atoms with Gasteiger partial charge in [0.25, 0.3) is 0 Å². The third-order valence-corrected chi connectivity index (χ3v) is 3.74. The van der Waals surface area contributed by atoms with Gasteiger partial charge in [-0.1, -0.05) is 30.3 Å². The van der Waals surface area contributed by atoms with E-state index in [1.807, 2.05) is 18.2 Å². The van der Waals surface area contributed by atoms with Gasteiger partial charge in [-0.05, 0) is 24.3 Å². The van der Waals surface area contributed by atoms with Crippen molar-refractivity contribution in [3.05, 3.63) is 35.9 Å². The maximum Gasteiger partial charge on any atom is 0.317 e.